The predicted molar refractivity (Wildman–Crippen MR) is 102 cm³/mol. The van der Waals surface area contributed by atoms with E-state index in [1.165, 1.54) is 12.1 Å². The number of benzene rings is 2. The summed E-state index contributed by atoms with van der Waals surface area (Å²) in [4.78, 5) is 6.45. The number of hydrogen-bond donors (Lipinski definition) is 1. The first kappa shape index (κ1) is 19.8. The molecular formula is C19H18Cl2FN3O2. The molecule has 0 saturated carbocycles. The number of aromatic nitrogens is 2. The monoisotopic (exact) mass is 409 g/mol. The van der Waals surface area contributed by atoms with Crippen LogP contribution in [-0.4, -0.2) is 33.3 Å². The van der Waals surface area contributed by atoms with E-state index in [0.717, 1.165) is 5.56 Å². The molecule has 0 fully saturated rings. The van der Waals surface area contributed by atoms with Gasteiger partial charge in [0, 0.05) is 25.3 Å². The van der Waals surface area contributed by atoms with E-state index >= 15 is 0 Å². The Bertz CT molecular complexity index is 887. The Morgan fingerprint density at radius 2 is 1.81 bits per heavy atom. The predicted octanol–water partition coefficient (Wildman–Crippen LogP) is 4.57. The second kappa shape index (κ2) is 9.28. The summed E-state index contributed by atoms with van der Waals surface area (Å²) < 4.78 is 18.4. The van der Waals surface area contributed by atoms with Crippen LogP contribution in [0.1, 0.15) is 17.9 Å². The third-order valence-corrected chi connectivity index (χ3v) is 4.69. The fourth-order valence-corrected chi connectivity index (χ4v) is 2.95. The Balaban J connectivity index is 1.72. The van der Waals surface area contributed by atoms with Crippen LogP contribution in [0.4, 0.5) is 4.39 Å². The lowest BCUT2D eigenvalue weighted by molar-refractivity contribution is 0.192. The fourth-order valence-electron chi connectivity index (χ4n) is 2.63. The smallest absolute Gasteiger partial charge is 0.241 e. The Hall–Kier alpha value is -1.99. The summed E-state index contributed by atoms with van der Waals surface area (Å²) in [7, 11) is 0. The zero-order valence-electron chi connectivity index (χ0n) is 14.4. The fraction of sp³-hybridized carbons (Fsp3) is 0.263. The first-order valence-electron chi connectivity index (χ1n) is 8.41. The molecule has 3 aromatic rings. The largest absolute Gasteiger partial charge is 0.396 e. The van der Waals surface area contributed by atoms with Crippen LogP contribution >= 0.6 is 23.2 Å². The molecule has 0 aliphatic carbocycles. The summed E-state index contributed by atoms with van der Waals surface area (Å²) in [5, 5.41) is 14.1. The standard InChI is InChI=1S/C19H18Cl2FN3O2/c20-16-7-2-13(10-17(16)21)11-25(8-1-9-26)12-18-23-19(24-27-18)14-3-5-15(22)6-4-14/h2-7,10,26H,1,8-9,11-12H2. The third-order valence-electron chi connectivity index (χ3n) is 3.95. The van der Waals surface area contributed by atoms with Crippen molar-refractivity contribution >= 4 is 23.2 Å². The minimum absolute atomic E-state index is 0.0858. The van der Waals surface area contributed by atoms with Gasteiger partial charge >= 0.3 is 0 Å². The molecule has 27 heavy (non-hydrogen) atoms. The summed E-state index contributed by atoms with van der Waals surface area (Å²) in [6.45, 7) is 1.73. The van der Waals surface area contributed by atoms with Crippen molar-refractivity contribution in [3.63, 3.8) is 0 Å². The van der Waals surface area contributed by atoms with Crippen molar-refractivity contribution in [3.8, 4) is 11.4 Å². The summed E-state index contributed by atoms with van der Waals surface area (Å²) in [5.41, 5.74) is 1.67. The van der Waals surface area contributed by atoms with Gasteiger partial charge in [-0.2, -0.15) is 4.98 Å². The Labute approximate surface area is 166 Å². The van der Waals surface area contributed by atoms with Gasteiger partial charge in [-0.1, -0.05) is 34.4 Å². The first-order valence-corrected chi connectivity index (χ1v) is 9.16. The Morgan fingerprint density at radius 1 is 1.04 bits per heavy atom. The molecule has 5 nitrogen and oxygen atoms in total. The number of aliphatic hydroxyl groups is 1. The van der Waals surface area contributed by atoms with Gasteiger partial charge < -0.3 is 9.63 Å². The van der Waals surface area contributed by atoms with Crippen LogP contribution in [0.25, 0.3) is 11.4 Å². The van der Waals surface area contributed by atoms with E-state index in [1.54, 1.807) is 18.2 Å². The van der Waals surface area contributed by atoms with Gasteiger partial charge in [-0.15, -0.1) is 0 Å². The van der Waals surface area contributed by atoms with Gasteiger partial charge in [0.15, 0.2) is 0 Å². The van der Waals surface area contributed by atoms with Crippen LogP contribution in [0.3, 0.4) is 0 Å². The van der Waals surface area contributed by atoms with Crippen LogP contribution in [0.15, 0.2) is 47.0 Å². The molecule has 0 atom stereocenters. The minimum Gasteiger partial charge on any atom is -0.396 e. The highest BCUT2D eigenvalue weighted by Gasteiger charge is 2.14. The summed E-state index contributed by atoms with van der Waals surface area (Å²) in [5.74, 6) is 0.522. The third kappa shape index (κ3) is 5.49. The zero-order valence-corrected chi connectivity index (χ0v) is 15.9. The van der Waals surface area contributed by atoms with E-state index in [0.29, 0.717) is 53.4 Å². The van der Waals surface area contributed by atoms with Crippen molar-refractivity contribution in [2.75, 3.05) is 13.2 Å². The maximum absolute atomic E-state index is 13.0. The van der Waals surface area contributed by atoms with Gasteiger partial charge in [-0.3, -0.25) is 4.90 Å². The van der Waals surface area contributed by atoms with Crippen LogP contribution in [0.5, 0.6) is 0 Å². The average molecular weight is 410 g/mol. The number of halogens is 3. The van der Waals surface area contributed by atoms with E-state index in [1.807, 2.05) is 12.1 Å². The molecule has 0 bridgehead atoms. The molecule has 3 rings (SSSR count). The molecule has 8 heteroatoms. The molecule has 1 aromatic heterocycles. The summed E-state index contributed by atoms with van der Waals surface area (Å²) in [6.07, 6.45) is 0.611. The lowest BCUT2D eigenvalue weighted by Gasteiger charge is -2.20. The second-order valence-electron chi connectivity index (χ2n) is 6.05. The van der Waals surface area contributed by atoms with E-state index in [4.69, 9.17) is 32.8 Å². The zero-order chi connectivity index (χ0) is 19.2. The van der Waals surface area contributed by atoms with Crippen LogP contribution in [0, 0.1) is 5.82 Å². The van der Waals surface area contributed by atoms with E-state index in [2.05, 4.69) is 15.0 Å². The SMILES string of the molecule is OCCCN(Cc1ccc(Cl)c(Cl)c1)Cc1nc(-c2ccc(F)cc2)no1. The number of rotatable bonds is 8. The molecule has 0 aliphatic rings. The van der Waals surface area contributed by atoms with Gasteiger partial charge in [0.05, 0.1) is 16.6 Å². The van der Waals surface area contributed by atoms with Crippen LogP contribution in [0.2, 0.25) is 10.0 Å². The number of nitrogens with zero attached hydrogens (tertiary/aromatic N) is 3. The van der Waals surface area contributed by atoms with Gasteiger partial charge in [0.25, 0.3) is 0 Å². The molecule has 1 heterocycles. The van der Waals surface area contributed by atoms with E-state index < -0.39 is 0 Å². The highest BCUT2D eigenvalue weighted by molar-refractivity contribution is 6.42. The first-order chi connectivity index (χ1) is 13.0. The van der Waals surface area contributed by atoms with Gasteiger partial charge in [0.1, 0.15) is 5.82 Å². The highest BCUT2D eigenvalue weighted by Crippen LogP contribution is 2.24. The van der Waals surface area contributed by atoms with Gasteiger partial charge in [0.2, 0.25) is 11.7 Å². The maximum atomic E-state index is 13.0. The second-order valence-corrected chi connectivity index (χ2v) is 6.87. The van der Waals surface area contributed by atoms with Crippen molar-refractivity contribution in [2.45, 2.75) is 19.5 Å². The molecule has 0 unspecified atom stereocenters. The minimum atomic E-state index is -0.320. The van der Waals surface area contributed by atoms with Crippen LogP contribution < -0.4 is 0 Å². The Kier molecular flexibility index (Phi) is 6.79. The van der Waals surface area contributed by atoms with Crippen molar-refractivity contribution in [2.24, 2.45) is 0 Å². The molecule has 0 spiro atoms. The molecule has 0 radical (unpaired) electrons. The topological polar surface area (TPSA) is 62.4 Å². The quantitative estimate of drug-likeness (QED) is 0.590. The lowest BCUT2D eigenvalue weighted by Crippen LogP contribution is -2.25. The van der Waals surface area contributed by atoms with Crippen LogP contribution in [-0.2, 0) is 13.1 Å². The number of aliphatic hydroxyl groups excluding tert-OH is 1. The average Bonchev–Trinajstić information content (AvgIpc) is 3.12. The normalized spacial score (nSPS) is 11.3. The highest BCUT2D eigenvalue weighted by atomic mass is 35.5. The van der Waals surface area contributed by atoms with Crippen molar-refractivity contribution in [3.05, 3.63) is 69.8 Å². The molecular weight excluding hydrogens is 392 g/mol. The maximum Gasteiger partial charge on any atom is 0.241 e. The van der Waals surface area contributed by atoms with E-state index in [-0.39, 0.29) is 12.4 Å². The summed E-state index contributed by atoms with van der Waals surface area (Å²) in [6, 6.07) is 11.4. The van der Waals surface area contributed by atoms with Crippen molar-refractivity contribution < 1.29 is 14.0 Å². The van der Waals surface area contributed by atoms with Crippen molar-refractivity contribution in [1.82, 2.24) is 15.0 Å². The molecule has 0 saturated heterocycles. The molecule has 0 aliphatic heterocycles. The van der Waals surface area contributed by atoms with E-state index in [9.17, 15) is 4.39 Å². The molecule has 0 amide bonds. The van der Waals surface area contributed by atoms with Crippen molar-refractivity contribution in [1.29, 1.82) is 0 Å². The molecule has 142 valence electrons. The molecule has 2 aromatic carbocycles. The van der Waals surface area contributed by atoms with Gasteiger partial charge in [-0.25, -0.2) is 4.39 Å². The summed E-state index contributed by atoms with van der Waals surface area (Å²) >= 11 is 12.1. The number of hydrogen-bond acceptors (Lipinski definition) is 5. The molecule has 1 N–H and O–H groups in total. The van der Waals surface area contributed by atoms with Gasteiger partial charge in [-0.05, 0) is 48.4 Å². The Morgan fingerprint density at radius 3 is 2.52 bits per heavy atom. The lowest BCUT2D eigenvalue weighted by atomic mass is 10.2.